The van der Waals surface area contributed by atoms with Crippen LogP contribution in [0.2, 0.25) is 0 Å². The molecule has 4 N–H and O–H groups in total. The summed E-state index contributed by atoms with van der Waals surface area (Å²) in [4.78, 5) is 32.3. The van der Waals surface area contributed by atoms with Crippen molar-refractivity contribution in [1.29, 1.82) is 0 Å². The lowest BCUT2D eigenvalue weighted by atomic mass is 10.0. The van der Waals surface area contributed by atoms with Crippen molar-refractivity contribution in [3.05, 3.63) is 65.9 Å². The second-order valence-electron chi connectivity index (χ2n) is 7.59. The van der Waals surface area contributed by atoms with Gasteiger partial charge in [-0.3, -0.25) is 20.2 Å². The molecule has 12 heteroatoms. The number of nitrogens with one attached hydrogen (secondary N) is 4. The van der Waals surface area contributed by atoms with Gasteiger partial charge >= 0.3 is 12.2 Å². The molecule has 1 aliphatic heterocycles. The first-order valence-electron chi connectivity index (χ1n) is 10.5. The van der Waals surface area contributed by atoms with Crippen molar-refractivity contribution in [2.45, 2.75) is 19.5 Å². The van der Waals surface area contributed by atoms with E-state index < -0.39 is 17.8 Å². The number of amides is 3. The molecule has 0 saturated heterocycles. The summed E-state index contributed by atoms with van der Waals surface area (Å²) in [6.07, 6.45) is -2.26. The number of H-pyrrole nitrogens is 1. The molecule has 0 spiro atoms. The van der Waals surface area contributed by atoms with E-state index in [4.69, 9.17) is 0 Å². The number of carbonyl (C=O) groups is 2. The molecule has 2 aromatic carbocycles. The van der Waals surface area contributed by atoms with E-state index in [1.54, 1.807) is 24.4 Å². The van der Waals surface area contributed by atoms with E-state index in [0.717, 1.165) is 23.3 Å². The Morgan fingerprint density at radius 1 is 1.00 bits per heavy atom. The number of halogens is 3. The standard InChI is InChI=1S/C23H20F3N7O2/c1-13(34)29-21-27-10-9-19(32-21)18-12-28-33-20(18)14-3-2-4-17(11-14)31-22(35)30-16-7-5-15(6-8-16)23(24,25)26/h2-8,11-12H,9-10H2,1H3,(H,28,33)(H,27,29,34)(H2,30,31,35). The number of carbonyl (C=O) groups excluding carboxylic acids is 2. The Morgan fingerprint density at radius 3 is 2.46 bits per heavy atom. The number of aromatic amines is 1. The third kappa shape index (κ3) is 5.91. The lowest BCUT2D eigenvalue weighted by Gasteiger charge is -2.13. The number of guanidine groups is 1. The highest BCUT2D eigenvalue weighted by Gasteiger charge is 2.30. The maximum Gasteiger partial charge on any atom is 0.416 e. The van der Waals surface area contributed by atoms with Crippen LogP contribution in [0.5, 0.6) is 0 Å². The van der Waals surface area contributed by atoms with E-state index in [2.05, 4.69) is 36.1 Å². The molecule has 4 rings (SSSR count). The highest BCUT2D eigenvalue weighted by Crippen LogP contribution is 2.30. The average molecular weight is 483 g/mol. The summed E-state index contributed by atoms with van der Waals surface area (Å²) in [6.45, 7) is 1.84. The Bertz CT molecular complexity index is 1310. The smallest absolute Gasteiger partial charge is 0.308 e. The van der Waals surface area contributed by atoms with Crippen LogP contribution in [0.25, 0.3) is 11.3 Å². The van der Waals surface area contributed by atoms with Gasteiger partial charge in [0.15, 0.2) is 0 Å². The van der Waals surface area contributed by atoms with Crippen molar-refractivity contribution >= 4 is 35.0 Å². The maximum atomic E-state index is 12.7. The van der Waals surface area contributed by atoms with Crippen LogP contribution in [0.1, 0.15) is 24.5 Å². The van der Waals surface area contributed by atoms with E-state index in [1.165, 1.54) is 19.1 Å². The molecular weight excluding hydrogens is 463 g/mol. The zero-order valence-corrected chi connectivity index (χ0v) is 18.4. The number of aliphatic imine (C=N–C) groups is 2. The lowest BCUT2D eigenvalue weighted by molar-refractivity contribution is -0.137. The van der Waals surface area contributed by atoms with Crippen LogP contribution in [0.4, 0.5) is 29.3 Å². The van der Waals surface area contributed by atoms with Crippen molar-refractivity contribution in [3.8, 4) is 11.3 Å². The van der Waals surface area contributed by atoms with Gasteiger partial charge in [0.05, 0.1) is 23.2 Å². The van der Waals surface area contributed by atoms with Crippen LogP contribution >= 0.6 is 0 Å². The molecule has 9 nitrogen and oxygen atoms in total. The van der Waals surface area contributed by atoms with Gasteiger partial charge < -0.3 is 10.6 Å². The molecule has 0 bridgehead atoms. The van der Waals surface area contributed by atoms with Gasteiger partial charge in [-0.25, -0.2) is 9.79 Å². The number of nitrogens with zero attached hydrogens (tertiary/aromatic N) is 3. The summed E-state index contributed by atoms with van der Waals surface area (Å²) < 4.78 is 38.1. The molecule has 0 fully saturated rings. The van der Waals surface area contributed by atoms with Crippen molar-refractivity contribution in [2.24, 2.45) is 9.98 Å². The summed E-state index contributed by atoms with van der Waals surface area (Å²) in [5, 5.41) is 14.8. The maximum absolute atomic E-state index is 12.7. The van der Waals surface area contributed by atoms with E-state index in [0.29, 0.717) is 30.1 Å². The Morgan fingerprint density at radius 2 is 1.74 bits per heavy atom. The SMILES string of the molecule is CC(=O)NC1=NCCC(c2cn[nH]c2-c2cccc(NC(=O)Nc3ccc(C(F)(F)F)cc3)c2)=N1. The quantitative estimate of drug-likeness (QED) is 0.439. The van der Waals surface area contributed by atoms with Gasteiger partial charge in [0, 0.05) is 42.4 Å². The lowest BCUT2D eigenvalue weighted by Crippen LogP contribution is -2.30. The summed E-state index contributed by atoms with van der Waals surface area (Å²) >= 11 is 0. The Kier molecular flexibility index (Phi) is 6.62. The summed E-state index contributed by atoms with van der Waals surface area (Å²) in [6, 6.07) is 10.5. The van der Waals surface area contributed by atoms with Crippen LogP contribution < -0.4 is 16.0 Å². The molecule has 1 aromatic heterocycles. The number of hydrogen-bond donors (Lipinski definition) is 4. The van der Waals surface area contributed by atoms with Crippen LogP contribution in [-0.2, 0) is 11.0 Å². The average Bonchev–Trinajstić information content (AvgIpc) is 3.29. The molecule has 180 valence electrons. The van der Waals surface area contributed by atoms with Gasteiger partial charge in [-0.15, -0.1) is 0 Å². The molecule has 0 saturated carbocycles. The van der Waals surface area contributed by atoms with E-state index in [-0.39, 0.29) is 17.6 Å². The monoisotopic (exact) mass is 483 g/mol. The summed E-state index contributed by atoms with van der Waals surface area (Å²) in [5.41, 5.74) is 2.69. The highest BCUT2D eigenvalue weighted by atomic mass is 19.4. The normalized spacial score (nSPS) is 13.5. The Hall–Kier alpha value is -4.48. The van der Waals surface area contributed by atoms with Crippen molar-refractivity contribution < 1.29 is 22.8 Å². The number of urea groups is 1. The zero-order chi connectivity index (χ0) is 25.0. The molecule has 3 aromatic rings. The van der Waals surface area contributed by atoms with Crippen LogP contribution in [0.15, 0.2) is 64.7 Å². The van der Waals surface area contributed by atoms with Crippen LogP contribution in [0.3, 0.4) is 0 Å². The molecule has 0 aliphatic carbocycles. The number of hydrogen-bond acceptors (Lipinski definition) is 5. The summed E-state index contributed by atoms with van der Waals surface area (Å²) in [7, 11) is 0. The zero-order valence-electron chi connectivity index (χ0n) is 18.4. The summed E-state index contributed by atoms with van der Waals surface area (Å²) in [5.74, 6) is -0.0317. The molecule has 2 heterocycles. The number of anilines is 2. The second-order valence-corrected chi connectivity index (χ2v) is 7.59. The van der Waals surface area contributed by atoms with E-state index in [1.807, 2.05) is 6.07 Å². The van der Waals surface area contributed by atoms with Crippen molar-refractivity contribution in [3.63, 3.8) is 0 Å². The van der Waals surface area contributed by atoms with Crippen LogP contribution in [-0.4, -0.2) is 40.4 Å². The number of benzene rings is 2. The fourth-order valence-corrected chi connectivity index (χ4v) is 3.42. The molecule has 3 amide bonds. The number of alkyl halides is 3. The van der Waals surface area contributed by atoms with Gasteiger partial charge in [-0.05, 0) is 36.4 Å². The van der Waals surface area contributed by atoms with Gasteiger partial charge in [-0.2, -0.15) is 18.3 Å². The predicted octanol–water partition coefficient (Wildman–Crippen LogP) is 4.42. The minimum atomic E-state index is -4.45. The first kappa shape index (κ1) is 23.7. The first-order valence-corrected chi connectivity index (χ1v) is 10.5. The largest absolute Gasteiger partial charge is 0.416 e. The number of rotatable bonds is 4. The van der Waals surface area contributed by atoms with Gasteiger partial charge in [0.1, 0.15) is 0 Å². The fraction of sp³-hybridized carbons (Fsp3) is 0.174. The second kappa shape index (κ2) is 9.79. The fourth-order valence-electron chi connectivity index (χ4n) is 3.42. The number of aromatic nitrogens is 2. The predicted molar refractivity (Wildman–Crippen MR) is 125 cm³/mol. The van der Waals surface area contributed by atoms with Gasteiger partial charge in [-0.1, -0.05) is 12.1 Å². The van der Waals surface area contributed by atoms with E-state index in [9.17, 15) is 22.8 Å². The molecular formula is C23H20F3N7O2. The molecule has 0 radical (unpaired) electrons. The minimum absolute atomic E-state index is 0.217. The molecule has 0 unspecified atom stereocenters. The van der Waals surface area contributed by atoms with Crippen molar-refractivity contribution in [1.82, 2.24) is 15.5 Å². The third-order valence-electron chi connectivity index (χ3n) is 4.97. The Labute approximate surface area is 197 Å². The van der Waals surface area contributed by atoms with Crippen molar-refractivity contribution in [2.75, 3.05) is 17.2 Å². The Balaban J connectivity index is 1.48. The first-order chi connectivity index (χ1) is 16.7. The topological polar surface area (TPSA) is 124 Å². The third-order valence-corrected chi connectivity index (χ3v) is 4.97. The molecule has 1 aliphatic rings. The molecule has 0 atom stereocenters. The van der Waals surface area contributed by atoms with Crippen LogP contribution in [0, 0.1) is 0 Å². The van der Waals surface area contributed by atoms with Gasteiger partial charge in [0.2, 0.25) is 11.9 Å². The van der Waals surface area contributed by atoms with E-state index >= 15 is 0 Å². The minimum Gasteiger partial charge on any atom is -0.308 e. The molecule has 35 heavy (non-hydrogen) atoms. The highest BCUT2D eigenvalue weighted by molar-refractivity contribution is 6.13. The van der Waals surface area contributed by atoms with Gasteiger partial charge in [0.25, 0.3) is 0 Å².